The lowest BCUT2D eigenvalue weighted by molar-refractivity contribution is -0.153. The van der Waals surface area contributed by atoms with Crippen LogP contribution < -0.4 is 0 Å². The van der Waals surface area contributed by atoms with Crippen LogP contribution in [0.2, 0.25) is 0 Å². The van der Waals surface area contributed by atoms with Crippen LogP contribution in [0.4, 0.5) is 0 Å². The molecule has 0 amide bonds. The van der Waals surface area contributed by atoms with Crippen LogP contribution in [0.5, 0.6) is 0 Å². The van der Waals surface area contributed by atoms with Crippen molar-refractivity contribution in [3.63, 3.8) is 0 Å². The van der Waals surface area contributed by atoms with E-state index in [0.717, 1.165) is 44.8 Å². The second-order valence-electron chi connectivity index (χ2n) is 15.6. The van der Waals surface area contributed by atoms with E-state index >= 15 is 0 Å². The summed E-state index contributed by atoms with van der Waals surface area (Å²) in [6.07, 6.45) is 35.0. The zero-order valence-corrected chi connectivity index (χ0v) is 35.1. The molecule has 0 heterocycles. The molecule has 3 aliphatic rings. The molecule has 3 rings (SSSR count). The first-order valence-electron chi connectivity index (χ1n) is 21.8. The van der Waals surface area contributed by atoms with Gasteiger partial charge in [-0.15, -0.1) is 0 Å². The summed E-state index contributed by atoms with van der Waals surface area (Å²) in [4.78, 5) is 31.5. The van der Waals surface area contributed by atoms with Crippen LogP contribution in [0.3, 0.4) is 0 Å². The zero-order chi connectivity index (χ0) is 39.2. The quantitative estimate of drug-likeness (QED) is 0.0623. The van der Waals surface area contributed by atoms with Crippen LogP contribution in [0.15, 0.2) is 12.8 Å². The van der Waals surface area contributed by atoms with Crippen molar-refractivity contribution in [2.45, 2.75) is 240 Å². The van der Waals surface area contributed by atoms with Crippen LogP contribution in [0.25, 0.3) is 0 Å². The van der Waals surface area contributed by atoms with Gasteiger partial charge in [0.2, 0.25) is 0 Å². The normalized spacial score (nSPS) is 23.6. The van der Waals surface area contributed by atoms with Crippen LogP contribution in [-0.4, -0.2) is 46.7 Å². The predicted molar refractivity (Wildman–Crippen MR) is 218 cm³/mol. The molecule has 0 bridgehead atoms. The van der Waals surface area contributed by atoms with Crippen molar-refractivity contribution < 1.29 is 34.1 Å². The summed E-state index contributed by atoms with van der Waals surface area (Å²) in [6.45, 7) is 15.7. The summed E-state index contributed by atoms with van der Waals surface area (Å²) in [6, 6.07) is 0. The number of hydrogen-bond acceptors (Lipinski definition) is 7. The number of carbonyl (C=O) groups is 3. The van der Waals surface area contributed by atoms with Gasteiger partial charge in [-0.1, -0.05) is 150 Å². The Morgan fingerprint density at radius 1 is 0.577 bits per heavy atom. The molecule has 0 aliphatic heterocycles. The second kappa shape index (κ2) is 39.0. The summed E-state index contributed by atoms with van der Waals surface area (Å²) >= 11 is 0. The van der Waals surface area contributed by atoms with Crippen LogP contribution in [-0.2, 0) is 23.9 Å². The smallest absolute Gasteiger partial charge is 0.310 e. The van der Waals surface area contributed by atoms with E-state index in [2.05, 4.69) is 45.9 Å². The van der Waals surface area contributed by atoms with E-state index in [0.29, 0.717) is 30.6 Å². The molecule has 0 aromatic carbocycles. The number of carbonyl (C=O) groups excluding carboxylic acids is 3. The third-order valence-corrected chi connectivity index (χ3v) is 10.6. The van der Waals surface area contributed by atoms with Crippen molar-refractivity contribution in [2.75, 3.05) is 0 Å². The summed E-state index contributed by atoms with van der Waals surface area (Å²) in [5, 5.41) is 18.4. The molecule has 0 radical (unpaired) electrons. The standard InChI is InChI=1S/C17H32O2.C12H22O2.2C7H14O.C2H4O/c1-3-4-5-6-7-8-9-14-17(18)19-16-13-11-10-12-15(16)2;1-3-5-6-7-8-9-10-11-12(13)14-4-2;2*1-6-4-2-3-5-7(6)8;1-2-3/h15-16H,3-14H2,1-2H3;4H,2-3,5-11H2,1H3;2*6-8H,2-5H2,1H3;2H,1H3/t15-,16-;;6-,7-;;/m1.0../s1. The van der Waals surface area contributed by atoms with E-state index in [9.17, 15) is 19.8 Å². The summed E-state index contributed by atoms with van der Waals surface area (Å²) < 4.78 is 10.2. The van der Waals surface area contributed by atoms with Gasteiger partial charge in [0.1, 0.15) is 12.4 Å². The average Bonchev–Trinajstić information content (AvgIpc) is 3.12. The van der Waals surface area contributed by atoms with Crippen molar-refractivity contribution in [2.24, 2.45) is 17.8 Å². The largest absolute Gasteiger partial charge is 0.462 e. The van der Waals surface area contributed by atoms with Crippen molar-refractivity contribution in [1.82, 2.24) is 0 Å². The van der Waals surface area contributed by atoms with Crippen LogP contribution in [0, 0.1) is 17.8 Å². The average molecular weight is 739 g/mol. The minimum atomic E-state index is -0.159. The molecule has 2 unspecified atom stereocenters. The molecule has 7 nitrogen and oxygen atoms in total. The number of aliphatic hydroxyl groups is 2. The third-order valence-electron chi connectivity index (χ3n) is 10.6. The van der Waals surface area contributed by atoms with Gasteiger partial charge in [-0.3, -0.25) is 9.59 Å². The number of unbranched alkanes of at least 4 members (excludes halogenated alkanes) is 12. The number of aliphatic hydroxyl groups excluding tert-OH is 2. The number of ether oxygens (including phenoxy) is 2. The fourth-order valence-electron chi connectivity index (χ4n) is 6.88. The summed E-state index contributed by atoms with van der Waals surface area (Å²) in [5.41, 5.74) is 0. The van der Waals surface area contributed by atoms with Crippen LogP contribution >= 0.6 is 0 Å². The lowest BCUT2D eigenvalue weighted by atomic mass is 9.88. The van der Waals surface area contributed by atoms with E-state index in [1.807, 2.05) is 0 Å². The minimum Gasteiger partial charge on any atom is -0.462 e. The minimum absolute atomic E-state index is 0.00347. The van der Waals surface area contributed by atoms with Gasteiger partial charge in [-0.05, 0) is 82.5 Å². The maximum atomic E-state index is 11.8. The zero-order valence-electron chi connectivity index (χ0n) is 35.1. The first-order valence-corrected chi connectivity index (χ1v) is 21.8. The lowest BCUT2D eigenvalue weighted by Gasteiger charge is -2.28. The van der Waals surface area contributed by atoms with E-state index in [1.54, 1.807) is 0 Å². The Bertz CT molecular complexity index is 775. The van der Waals surface area contributed by atoms with Gasteiger partial charge < -0.3 is 24.5 Å². The first-order chi connectivity index (χ1) is 25.1. The molecule has 3 saturated carbocycles. The monoisotopic (exact) mass is 739 g/mol. The molecule has 0 saturated heterocycles. The SMILES string of the molecule is C=COC(=O)CCCCCCCCC.CC1CCCCC1O.CC=O.CCCCCCCCCC(=O)O[C@@H]1CCCC[C@H]1C.C[C@H]1CCCC[C@@H]1O. The van der Waals surface area contributed by atoms with E-state index in [-0.39, 0.29) is 30.3 Å². The second-order valence-corrected chi connectivity index (χ2v) is 15.6. The Morgan fingerprint density at radius 2 is 0.923 bits per heavy atom. The number of aldehydes is 1. The van der Waals surface area contributed by atoms with Gasteiger partial charge >= 0.3 is 11.9 Å². The predicted octanol–water partition coefficient (Wildman–Crippen LogP) is 12.4. The molecular weight excluding hydrogens is 652 g/mol. The molecule has 2 N–H and O–H groups in total. The van der Waals surface area contributed by atoms with Gasteiger partial charge in [-0.2, -0.15) is 0 Å². The fraction of sp³-hybridized carbons (Fsp3) is 0.889. The molecular formula is C45H86O7. The highest BCUT2D eigenvalue weighted by molar-refractivity contribution is 5.70. The highest BCUT2D eigenvalue weighted by atomic mass is 16.5. The van der Waals surface area contributed by atoms with Crippen LogP contribution in [0.1, 0.15) is 221 Å². The Kier molecular flexibility index (Phi) is 39.3. The maximum Gasteiger partial charge on any atom is 0.310 e. The van der Waals surface area contributed by atoms with Gasteiger partial charge in [0.05, 0.1) is 18.5 Å². The van der Waals surface area contributed by atoms with Gasteiger partial charge in [0.25, 0.3) is 0 Å². The summed E-state index contributed by atoms with van der Waals surface area (Å²) in [5.74, 6) is 1.56. The number of rotatable bonds is 18. The molecule has 3 aliphatic carbocycles. The molecule has 6 atom stereocenters. The molecule has 0 spiro atoms. The fourth-order valence-corrected chi connectivity index (χ4v) is 6.88. The first kappa shape index (κ1) is 52.4. The van der Waals surface area contributed by atoms with Crippen molar-refractivity contribution in [1.29, 1.82) is 0 Å². The molecule has 3 fully saturated rings. The number of esters is 2. The van der Waals surface area contributed by atoms with Crippen molar-refractivity contribution in [3.8, 4) is 0 Å². The highest BCUT2D eigenvalue weighted by Crippen LogP contribution is 2.27. The molecule has 7 heteroatoms. The molecule has 52 heavy (non-hydrogen) atoms. The topological polar surface area (TPSA) is 110 Å². The third kappa shape index (κ3) is 34.1. The lowest BCUT2D eigenvalue weighted by Crippen LogP contribution is -2.28. The van der Waals surface area contributed by atoms with Gasteiger partial charge in [0.15, 0.2) is 0 Å². The van der Waals surface area contributed by atoms with E-state index < -0.39 is 0 Å². The highest BCUT2D eigenvalue weighted by Gasteiger charge is 2.24. The maximum absolute atomic E-state index is 11.8. The summed E-state index contributed by atoms with van der Waals surface area (Å²) in [7, 11) is 0. The molecule has 308 valence electrons. The number of hydrogen-bond donors (Lipinski definition) is 2. The Hall–Kier alpha value is -1.73. The van der Waals surface area contributed by atoms with Gasteiger partial charge in [-0.25, -0.2) is 0 Å². The molecule has 0 aromatic rings. The van der Waals surface area contributed by atoms with Gasteiger partial charge in [0, 0.05) is 12.8 Å². The van der Waals surface area contributed by atoms with E-state index in [1.165, 1.54) is 142 Å². The Morgan fingerprint density at radius 3 is 1.27 bits per heavy atom. The van der Waals surface area contributed by atoms with E-state index in [4.69, 9.17) is 9.53 Å². The molecule has 0 aromatic heterocycles. The Labute approximate surface area is 321 Å². The van der Waals surface area contributed by atoms with Crippen molar-refractivity contribution >= 4 is 18.2 Å². The van der Waals surface area contributed by atoms with Crippen molar-refractivity contribution in [3.05, 3.63) is 12.8 Å². The Balaban J connectivity index is 0.